The number of furan rings is 1. The van der Waals surface area contributed by atoms with Gasteiger partial charge in [-0.1, -0.05) is 0 Å². The molecule has 1 aromatic heterocycles. The van der Waals surface area contributed by atoms with Crippen LogP contribution < -0.4 is 0 Å². The maximum absolute atomic E-state index is 11.0. The van der Waals surface area contributed by atoms with Crippen molar-refractivity contribution < 1.29 is 17.9 Å². The minimum absolute atomic E-state index is 0.270. The molecule has 0 aliphatic carbocycles. The van der Waals surface area contributed by atoms with Crippen LogP contribution in [0, 0.1) is 13.8 Å². The molecule has 4 nitrogen and oxygen atoms in total. The van der Waals surface area contributed by atoms with Crippen LogP contribution in [-0.2, 0) is 9.84 Å². The van der Waals surface area contributed by atoms with Crippen LogP contribution in [0.2, 0.25) is 0 Å². The SMILES string of the molecule is Cc1coc(C)c1C(O)CS(C)(=O)=O. The second-order valence-electron chi connectivity index (χ2n) is 3.50. The number of aliphatic hydroxyl groups is 1. The van der Waals surface area contributed by atoms with Crippen molar-refractivity contribution in [3.8, 4) is 0 Å². The summed E-state index contributed by atoms with van der Waals surface area (Å²) in [5.74, 6) is 0.299. The fourth-order valence-corrected chi connectivity index (χ4v) is 2.19. The molecule has 0 bridgehead atoms. The van der Waals surface area contributed by atoms with E-state index in [1.807, 2.05) is 0 Å². The minimum Gasteiger partial charge on any atom is -0.469 e. The molecule has 0 radical (unpaired) electrons. The average Bonchev–Trinajstić information content (AvgIpc) is 2.27. The van der Waals surface area contributed by atoms with E-state index in [9.17, 15) is 13.5 Å². The Hall–Kier alpha value is -0.810. The summed E-state index contributed by atoms with van der Waals surface area (Å²) < 4.78 is 27.0. The molecule has 14 heavy (non-hydrogen) atoms. The lowest BCUT2D eigenvalue weighted by Crippen LogP contribution is -2.13. The summed E-state index contributed by atoms with van der Waals surface area (Å²) in [7, 11) is -3.17. The van der Waals surface area contributed by atoms with Crippen molar-refractivity contribution in [2.45, 2.75) is 20.0 Å². The highest BCUT2D eigenvalue weighted by Gasteiger charge is 2.20. The lowest BCUT2D eigenvalue weighted by Gasteiger charge is -2.09. The normalized spacial score (nSPS) is 14.3. The van der Waals surface area contributed by atoms with Gasteiger partial charge in [-0.2, -0.15) is 0 Å². The molecular formula is C9H14O4S. The van der Waals surface area contributed by atoms with E-state index in [1.54, 1.807) is 13.8 Å². The maximum atomic E-state index is 11.0. The standard InChI is InChI=1S/C9H14O4S/c1-6-4-13-7(2)9(6)8(10)5-14(3,11)12/h4,8,10H,5H2,1-3H3. The fraction of sp³-hybridized carbons (Fsp3) is 0.556. The zero-order chi connectivity index (χ0) is 10.9. The fourth-order valence-electron chi connectivity index (χ4n) is 1.45. The van der Waals surface area contributed by atoms with Gasteiger partial charge in [-0.25, -0.2) is 8.42 Å². The maximum Gasteiger partial charge on any atom is 0.150 e. The van der Waals surface area contributed by atoms with Gasteiger partial charge in [-0.3, -0.25) is 0 Å². The van der Waals surface area contributed by atoms with E-state index in [1.165, 1.54) is 6.26 Å². The van der Waals surface area contributed by atoms with Crippen molar-refractivity contribution >= 4 is 9.84 Å². The van der Waals surface area contributed by atoms with Crippen LogP contribution in [-0.4, -0.2) is 25.5 Å². The van der Waals surface area contributed by atoms with E-state index < -0.39 is 15.9 Å². The van der Waals surface area contributed by atoms with E-state index in [0.717, 1.165) is 11.8 Å². The van der Waals surface area contributed by atoms with Gasteiger partial charge in [0, 0.05) is 11.8 Å². The van der Waals surface area contributed by atoms with Gasteiger partial charge in [0.1, 0.15) is 15.6 Å². The van der Waals surface area contributed by atoms with Crippen LogP contribution in [0.15, 0.2) is 10.7 Å². The molecule has 1 atom stereocenters. The Labute approximate surface area is 83.5 Å². The van der Waals surface area contributed by atoms with Gasteiger partial charge in [0.25, 0.3) is 0 Å². The molecule has 1 N–H and O–H groups in total. The predicted molar refractivity (Wildman–Crippen MR) is 52.9 cm³/mol. The second-order valence-corrected chi connectivity index (χ2v) is 5.68. The van der Waals surface area contributed by atoms with Gasteiger partial charge in [-0.05, 0) is 19.4 Å². The molecule has 0 aromatic carbocycles. The smallest absolute Gasteiger partial charge is 0.150 e. The first-order chi connectivity index (χ1) is 6.31. The van der Waals surface area contributed by atoms with E-state index >= 15 is 0 Å². The number of hydrogen-bond donors (Lipinski definition) is 1. The van der Waals surface area contributed by atoms with E-state index in [0.29, 0.717) is 11.3 Å². The van der Waals surface area contributed by atoms with Crippen LogP contribution in [0.25, 0.3) is 0 Å². The number of hydrogen-bond acceptors (Lipinski definition) is 4. The third-order valence-corrected chi connectivity index (χ3v) is 2.93. The summed E-state index contributed by atoms with van der Waals surface area (Å²) in [4.78, 5) is 0. The first-order valence-corrected chi connectivity index (χ1v) is 6.27. The molecule has 1 unspecified atom stereocenters. The monoisotopic (exact) mass is 218 g/mol. The van der Waals surface area contributed by atoms with Crippen molar-refractivity contribution in [3.63, 3.8) is 0 Å². The van der Waals surface area contributed by atoms with Gasteiger partial charge in [0.15, 0.2) is 0 Å². The van der Waals surface area contributed by atoms with Crippen LogP contribution in [0.5, 0.6) is 0 Å². The summed E-state index contributed by atoms with van der Waals surface area (Å²) in [5.41, 5.74) is 1.36. The van der Waals surface area contributed by atoms with Crippen LogP contribution in [0.4, 0.5) is 0 Å². The van der Waals surface area contributed by atoms with Gasteiger partial charge in [0.05, 0.1) is 18.1 Å². The number of aliphatic hydroxyl groups excluding tert-OH is 1. The Bertz CT molecular complexity index is 397. The summed E-state index contributed by atoms with van der Waals surface area (Å²) in [6.45, 7) is 3.48. The Morgan fingerprint density at radius 3 is 2.43 bits per heavy atom. The molecule has 1 rings (SSSR count). The Kier molecular flexibility index (Phi) is 3.01. The molecule has 0 fully saturated rings. The van der Waals surface area contributed by atoms with Crippen molar-refractivity contribution in [1.29, 1.82) is 0 Å². The topological polar surface area (TPSA) is 67.5 Å². The zero-order valence-electron chi connectivity index (χ0n) is 8.44. The van der Waals surface area contributed by atoms with Crippen molar-refractivity contribution in [1.82, 2.24) is 0 Å². The van der Waals surface area contributed by atoms with Crippen LogP contribution in [0.3, 0.4) is 0 Å². The molecule has 0 aliphatic rings. The Balaban J connectivity index is 2.95. The first-order valence-electron chi connectivity index (χ1n) is 4.21. The van der Waals surface area contributed by atoms with Crippen molar-refractivity contribution in [2.24, 2.45) is 0 Å². The Morgan fingerprint density at radius 1 is 1.50 bits per heavy atom. The third kappa shape index (κ3) is 2.59. The molecular weight excluding hydrogens is 204 g/mol. The molecule has 1 aromatic rings. The number of sulfone groups is 1. The molecule has 5 heteroatoms. The molecule has 0 aliphatic heterocycles. The molecule has 1 heterocycles. The molecule has 80 valence electrons. The van der Waals surface area contributed by atoms with Crippen molar-refractivity contribution in [2.75, 3.05) is 12.0 Å². The summed E-state index contributed by atoms with van der Waals surface area (Å²) >= 11 is 0. The highest BCUT2D eigenvalue weighted by Crippen LogP contribution is 2.24. The quantitative estimate of drug-likeness (QED) is 0.821. The van der Waals surface area contributed by atoms with Gasteiger partial charge in [0.2, 0.25) is 0 Å². The lowest BCUT2D eigenvalue weighted by atomic mass is 10.1. The predicted octanol–water partition coefficient (Wildman–Crippen LogP) is 0.974. The molecule has 0 saturated heterocycles. The third-order valence-electron chi connectivity index (χ3n) is 2.01. The molecule has 0 spiro atoms. The van der Waals surface area contributed by atoms with Crippen LogP contribution >= 0.6 is 0 Å². The summed E-state index contributed by atoms with van der Waals surface area (Å²) in [6, 6.07) is 0. The van der Waals surface area contributed by atoms with Crippen molar-refractivity contribution in [3.05, 3.63) is 23.2 Å². The van der Waals surface area contributed by atoms with Crippen LogP contribution in [0.1, 0.15) is 23.0 Å². The minimum atomic E-state index is -3.17. The summed E-state index contributed by atoms with van der Waals surface area (Å²) in [5, 5.41) is 9.67. The first kappa shape index (κ1) is 11.3. The lowest BCUT2D eigenvalue weighted by molar-refractivity contribution is 0.199. The summed E-state index contributed by atoms with van der Waals surface area (Å²) in [6.07, 6.45) is 1.61. The number of aryl methyl sites for hydroxylation is 2. The van der Waals surface area contributed by atoms with Gasteiger partial charge < -0.3 is 9.52 Å². The molecule has 0 amide bonds. The van der Waals surface area contributed by atoms with Gasteiger partial charge in [-0.15, -0.1) is 0 Å². The number of rotatable bonds is 3. The largest absolute Gasteiger partial charge is 0.469 e. The Morgan fingerprint density at radius 2 is 2.07 bits per heavy atom. The van der Waals surface area contributed by atoms with Gasteiger partial charge >= 0.3 is 0 Å². The van der Waals surface area contributed by atoms with E-state index in [4.69, 9.17) is 4.42 Å². The zero-order valence-corrected chi connectivity index (χ0v) is 9.26. The highest BCUT2D eigenvalue weighted by atomic mass is 32.2. The molecule has 0 saturated carbocycles. The van der Waals surface area contributed by atoms with E-state index in [2.05, 4.69) is 0 Å². The van der Waals surface area contributed by atoms with E-state index in [-0.39, 0.29) is 5.75 Å². The average molecular weight is 218 g/mol. The second kappa shape index (κ2) is 3.74. The highest BCUT2D eigenvalue weighted by molar-refractivity contribution is 7.90.